The largest absolute Gasteiger partial charge is 0.387 e. The molecular formula is C19H38O6P. The van der Waals surface area contributed by atoms with Crippen LogP contribution in [0.25, 0.3) is 0 Å². The maximum absolute atomic E-state index is 11.7. The number of aliphatic hydroxyl groups is 2. The van der Waals surface area contributed by atoms with Crippen molar-refractivity contribution in [3.8, 4) is 0 Å². The number of hydrogen-bond acceptors (Lipinski definition) is 5. The van der Waals surface area contributed by atoms with Crippen molar-refractivity contribution in [3.63, 3.8) is 0 Å². The van der Waals surface area contributed by atoms with Gasteiger partial charge in [0.15, 0.2) is 6.29 Å². The van der Waals surface area contributed by atoms with Crippen LogP contribution in [-0.2, 0) is 13.9 Å². The molecule has 0 saturated carbocycles. The molecule has 3 N–H and O–H groups in total. The Balaban J connectivity index is 3.39. The summed E-state index contributed by atoms with van der Waals surface area (Å²) >= 11 is 0. The number of aliphatic hydroxyl groups excluding tert-OH is 2. The number of Topliss-reactive ketones (excluding diaryl/α,β-unsaturated/α-hetero) is 1. The molecule has 6 nitrogen and oxygen atoms in total. The fourth-order valence-corrected chi connectivity index (χ4v) is 3.26. The summed E-state index contributed by atoms with van der Waals surface area (Å²) in [6.45, 7) is 2.24. The van der Waals surface area contributed by atoms with Crippen molar-refractivity contribution < 1.29 is 29.0 Å². The number of unbranched alkanes of at least 4 members (excludes halogenated alkanes) is 12. The Bertz CT molecular complexity index is 364. The second-order valence-electron chi connectivity index (χ2n) is 7.04. The average molecular weight is 393 g/mol. The van der Waals surface area contributed by atoms with Crippen LogP contribution in [-0.4, -0.2) is 33.3 Å². The average Bonchev–Trinajstić information content (AvgIpc) is 2.58. The van der Waals surface area contributed by atoms with Gasteiger partial charge in [-0.15, -0.1) is 0 Å². The zero-order valence-electron chi connectivity index (χ0n) is 16.3. The quantitative estimate of drug-likeness (QED) is 0.166. The fraction of sp³-hybridized carbons (Fsp3) is 0.947. The third kappa shape index (κ3) is 17.0. The summed E-state index contributed by atoms with van der Waals surface area (Å²) in [7, 11) is -3.00. The molecule has 1 radical (unpaired) electrons. The van der Waals surface area contributed by atoms with Gasteiger partial charge in [0.2, 0.25) is 0 Å². The predicted molar refractivity (Wildman–Crippen MR) is 103 cm³/mol. The van der Waals surface area contributed by atoms with Gasteiger partial charge in [-0.3, -0.25) is 9.69 Å². The zero-order chi connectivity index (χ0) is 19.6. The molecule has 0 spiro atoms. The Morgan fingerprint density at radius 1 is 0.846 bits per heavy atom. The molecule has 26 heavy (non-hydrogen) atoms. The first-order chi connectivity index (χ1) is 12.5. The van der Waals surface area contributed by atoms with Crippen molar-refractivity contribution in [1.82, 2.24) is 0 Å². The van der Waals surface area contributed by atoms with E-state index in [9.17, 15) is 19.6 Å². The topological polar surface area (TPSA) is 104 Å². The molecule has 0 fully saturated rings. The summed E-state index contributed by atoms with van der Waals surface area (Å²) < 4.78 is 14.5. The van der Waals surface area contributed by atoms with E-state index in [1.165, 1.54) is 64.2 Å². The maximum Gasteiger partial charge on any atom is 0.368 e. The number of hydrogen-bond donors (Lipinski definition) is 3. The lowest BCUT2D eigenvalue weighted by Crippen LogP contribution is -2.29. The van der Waals surface area contributed by atoms with Gasteiger partial charge in [-0.25, -0.2) is 9.09 Å². The summed E-state index contributed by atoms with van der Waals surface area (Å²) in [5.41, 5.74) is 0. The van der Waals surface area contributed by atoms with Crippen LogP contribution < -0.4 is 0 Å². The molecule has 0 heterocycles. The van der Waals surface area contributed by atoms with Crippen LogP contribution in [0.5, 0.6) is 0 Å². The van der Waals surface area contributed by atoms with Gasteiger partial charge in [-0.05, 0) is 6.42 Å². The van der Waals surface area contributed by atoms with Crippen LogP contribution in [0, 0.1) is 0 Å². The third-order valence-electron chi connectivity index (χ3n) is 4.52. The third-order valence-corrected chi connectivity index (χ3v) is 4.92. The van der Waals surface area contributed by atoms with Crippen molar-refractivity contribution in [3.05, 3.63) is 0 Å². The smallest absolute Gasteiger partial charge is 0.368 e. The molecule has 0 aliphatic carbocycles. The fourth-order valence-electron chi connectivity index (χ4n) is 2.94. The minimum Gasteiger partial charge on any atom is -0.387 e. The summed E-state index contributed by atoms with van der Waals surface area (Å²) in [5.74, 6) is -0.170. The van der Waals surface area contributed by atoms with Crippen LogP contribution in [0.4, 0.5) is 0 Å². The lowest BCUT2D eigenvalue weighted by molar-refractivity contribution is -0.133. The van der Waals surface area contributed by atoms with Crippen molar-refractivity contribution in [1.29, 1.82) is 0 Å². The monoisotopic (exact) mass is 393 g/mol. The van der Waals surface area contributed by atoms with E-state index in [4.69, 9.17) is 4.89 Å². The van der Waals surface area contributed by atoms with Gasteiger partial charge in [-0.1, -0.05) is 84.0 Å². The molecule has 0 aliphatic rings. The van der Waals surface area contributed by atoms with E-state index in [-0.39, 0.29) is 12.2 Å². The number of ketones is 1. The van der Waals surface area contributed by atoms with Gasteiger partial charge >= 0.3 is 8.25 Å². The summed E-state index contributed by atoms with van der Waals surface area (Å²) in [4.78, 5) is 20.2. The van der Waals surface area contributed by atoms with E-state index in [1.807, 2.05) is 0 Å². The van der Waals surface area contributed by atoms with E-state index in [2.05, 4.69) is 11.4 Å². The Morgan fingerprint density at radius 2 is 1.27 bits per heavy atom. The maximum atomic E-state index is 11.7. The van der Waals surface area contributed by atoms with Gasteiger partial charge in [-0.2, -0.15) is 0 Å². The lowest BCUT2D eigenvalue weighted by atomic mass is 10.0. The SMILES string of the molecule is CCCCCCCCCCCCCCCC(=O)CC(O)C(O)O[P](=O)O. The Hall–Kier alpha value is -0.390. The van der Waals surface area contributed by atoms with Crippen molar-refractivity contribution in [2.24, 2.45) is 0 Å². The van der Waals surface area contributed by atoms with Crippen molar-refractivity contribution in [2.75, 3.05) is 0 Å². The van der Waals surface area contributed by atoms with Crippen LogP contribution >= 0.6 is 8.25 Å². The minimum atomic E-state index is -3.00. The molecule has 3 atom stereocenters. The molecule has 0 aromatic rings. The molecule has 0 aliphatic heterocycles. The molecule has 0 rings (SSSR count). The first-order valence-electron chi connectivity index (χ1n) is 10.2. The first-order valence-corrected chi connectivity index (χ1v) is 11.3. The standard InChI is InChI=1S/C19H38O6P/c1-2-3-4-5-6-7-8-9-10-11-12-13-14-15-17(20)16-18(21)19(22)25-26(23)24/h18-19,21-22H,2-16H2,1H3,(H,23,24). The summed E-state index contributed by atoms with van der Waals surface area (Å²) in [5, 5.41) is 18.8. The van der Waals surface area contributed by atoms with Gasteiger partial charge in [0.1, 0.15) is 11.9 Å². The van der Waals surface area contributed by atoms with E-state index in [0.29, 0.717) is 6.42 Å². The summed E-state index contributed by atoms with van der Waals surface area (Å²) in [6, 6.07) is 0. The van der Waals surface area contributed by atoms with Crippen LogP contribution in [0.3, 0.4) is 0 Å². The van der Waals surface area contributed by atoms with Crippen LogP contribution in [0.2, 0.25) is 0 Å². The number of carbonyl (C=O) groups is 1. The highest BCUT2D eigenvalue weighted by Crippen LogP contribution is 2.20. The molecule has 0 bridgehead atoms. The van der Waals surface area contributed by atoms with Crippen molar-refractivity contribution in [2.45, 2.75) is 116 Å². The van der Waals surface area contributed by atoms with Gasteiger partial charge in [0.25, 0.3) is 0 Å². The normalized spacial score (nSPS) is 14.2. The molecule has 0 aromatic carbocycles. The highest BCUT2D eigenvalue weighted by Gasteiger charge is 2.22. The molecule has 0 amide bonds. The minimum absolute atomic E-state index is 0.170. The molecular weight excluding hydrogens is 355 g/mol. The number of carbonyl (C=O) groups excluding carboxylic acids is 1. The molecule has 3 unspecified atom stereocenters. The van der Waals surface area contributed by atoms with E-state index in [1.54, 1.807) is 0 Å². The van der Waals surface area contributed by atoms with Crippen LogP contribution in [0.15, 0.2) is 0 Å². The van der Waals surface area contributed by atoms with Gasteiger partial charge < -0.3 is 10.2 Å². The Morgan fingerprint density at radius 3 is 1.69 bits per heavy atom. The van der Waals surface area contributed by atoms with Crippen molar-refractivity contribution >= 4 is 14.0 Å². The van der Waals surface area contributed by atoms with Crippen LogP contribution in [0.1, 0.15) is 103 Å². The highest BCUT2D eigenvalue weighted by molar-refractivity contribution is 7.32. The molecule has 155 valence electrons. The lowest BCUT2D eigenvalue weighted by Gasteiger charge is -2.14. The van der Waals surface area contributed by atoms with E-state index >= 15 is 0 Å². The molecule has 0 saturated heterocycles. The molecule has 7 heteroatoms. The second-order valence-corrected chi connectivity index (χ2v) is 7.72. The first kappa shape index (κ1) is 25.6. The Kier molecular flexibility index (Phi) is 17.7. The summed E-state index contributed by atoms with van der Waals surface area (Å²) in [6.07, 6.45) is 12.9. The Labute approximate surface area is 159 Å². The van der Waals surface area contributed by atoms with Gasteiger partial charge in [0.05, 0.1) is 0 Å². The van der Waals surface area contributed by atoms with E-state index in [0.717, 1.165) is 19.3 Å². The number of rotatable bonds is 19. The second kappa shape index (κ2) is 18.0. The predicted octanol–water partition coefficient (Wildman–Crippen LogP) is 4.77. The van der Waals surface area contributed by atoms with Gasteiger partial charge in [0, 0.05) is 12.8 Å². The zero-order valence-corrected chi connectivity index (χ0v) is 17.2. The molecule has 0 aromatic heterocycles. The van der Waals surface area contributed by atoms with E-state index < -0.39 is 20.6 Å². The highest BCUT2D eigenvalue weighted by atomic mass is 31.1.